The average Bonchev–Trinajstić information content (AvgIpc) is 3.12. The van der Waals surface area contributed by atoms with Gasteiger partial charge in [-0.05, 0) is 49.6 Å². The highest BCUT2D eigenvalue weighted by atomic mass is 16.2. The van der Waals surface area contributed by atoms with Crippen molar-refractivity contribution in [1.82, 2.24) is 4.90 Å². The first kappa shape index (κ1) is 16.2. The van der Waals surface area contributed by atoms with Gasteiger partial charge in [-0.1, -0.05) is 29.8 Å². The summed E-state index contributed by atoms with van der Waals surface area (Å²) >= 11 is 0. The Labute approximate surface area is 142 Å². The molecule has 0 bridgehead atoms. The van der Waals surface area contributed by atoms with Gasteiger partial charge in [-0.2, -0.15) is 0 Å². The summed E-state index contributed by atoms with van der Waals surface area (Å²) < 4.78 is 0. The molecule has 0 aliphatic carbocycles. The number of anilines is 1. The zero-order valence-corrected chi connectivity index (χ0v) is 13.9. The highest BCUT2D eigenvalue weighted by Gasteiger charge is 2.17. The van der Waals surface area contributed by atoms with E-state index in [4.69, 9.17) is 0 Å². The second kappa shape index (κ2) is 7.30. The van der Waals surface area contributed by atoms with Crippen LogP contribution >= 0.6 is 0 Å². The molecule has 2 aromatic carbocycles. The van der Waals surface area contributed by atoms with Crippen molar-refractivity contribution >= 4 is 17.5 Å². The van der Waals surface area contributed by atoms with Crippen LogP contribution in [0.2, 0.25) is 0 Å². The first-order valence-corrected chi connectivity index (χ1v) is 8.36. The predicted octanol–water partition coefficient (Wildman–Crippen LogP) is 3.41. The Hall–Kier alpha value is -2.62. The third kappa shape index (κ3) is 4.02. The molecule has 2 amide bonds. The molecule has 3 rings (SSSR count). The van der Waals surface area contributed by atoms with E-state index >= 15 is 0 Å². The zero-order valence-electron chi connectivity index (χ0n) is 13.9. The van der Waals surface area contributed by atoms with Crippen molar-refractivity contribution in [1.29, 1.82) is 0 Å². The number of amides is 2. The highest BCUT2D eigenvalue weighted by molar-refractivity contribution is 6.04. The van der Waals surface area contributed by atoms with Crippen LogP contribution in [0.1, 0.15) is 34.3 Å². The standard InChI is InChI=1S/C20H22N2O2/c1-15-4-8-17(9-5-15)20(24)21-18-10-6-16(7-11-18)14-19(23)22-12-2-3-13-22/h4-11H,2-3,12-14H2,1H3,(H,21,24). The van der Waals surface area contributed by atoms with Gasteiger partial charge in [0.15, 0.2) is 0 Å². The molecule has 1 saturated heterocycles. The quantitative estimate of drug-likeness (QED) is 0.938. The number of hydrogen-bond acceptors (Lipinski definition) is 2. The van der Waals surface area contributed by atoms with Crippen molar-refractivity contribution in [3.63, 3.8) is 0 Å². The summed E-state index contributed by atoms with van der Waals surface area (Å²) in [5.41, 5.74) is 3.46. The lowest BCUT2D eigenvalue weighted by Gasteiger charge is -2.15. The smallest absolute Gasteiger partial charge is 0.255 e. The maximum absolute atomic E-state index is 12.2. The van der Waals surface area contributed by atoms with Crippen LogP contribution in [0.25, 0.3) is 0 Å². The number of hydrogen-bond donors (Lipinski definition) is 1. The number of nitrogens with zero attached hydrogens (tertiary/aromatic N) is 1. The Morgan fingerprint density at radius 2 is 1.58 bits per heavy atom. The first-order chi connectivity index (χ1) is 11.6. The maximum atomic E-state index is 12.2. The van der Waals surface area contributed by atoms with Gasteiger partial charge >= 0.3 is 0 Å². The lowest BCUT2D eigenvalue weighted by Crippen LogP contribution is -2.29. The third-order valence-corrected chi connectivity index (χ3v) is 4.34. The van der Waals surface area contributed by atoms with Crippen molar-refractivity contribution in [3.05, 3.63) is 65.2 Å². The van der Waals surface area contributed by atoms with Crippen LogP contribution in [0.15, 0.2) is 48.5 Å². The van der Waals surface area contributed by atoms with Crippen molar-refractivity contribution in [3.8, 4) is 0 Å². The van der Waals surface area contributed by atoms with E-state index < -0.39 is 0 Å². The molecule has 0 aromatic heterocycles. The largest absolute Gasteiger partial charge is 0.342 e. The molecule has 0 radical (unpaired) electrons. The van der Waals surface area contributed by atoms with Crippen LogP contribution in [-0.4, -0.2) is 29.8 Å². The van der Waals surface area contributed by atoms with Crippen LogP contribution in [0, 0.1) is 6.92 Å². The molecule has 0 atom stereocenters. The minimum Gasteiger partial charge on any atom is -0.342 e. The molecular formula is C20H22N2O2. The molecular weight excluding hydrogens is 300 g/mol. The van der Waals surface area contributed by atoms with E-state index in [-0.39, 0.29) is 11.8 Å². The summed E-state index contributed by atoms with van der Waals surface area (Å²) in [6.07, 6.45) is 2.64. The molecule has 124 valence electrons. The van der Waals surface area contributed by atoms with Gasteiger partial charge in [0.05, 0.1) is 6.42 Å². The number of carbonyl (C=O) groups excluding carboxylic acids is 2. The fourth-order valence-electron chi connectivity index (χ4n) is 2.87. The number of nitrogens with one attached hydrogen (secondary N) is 1. The van der Waals surface area contributed by atoms with Crippen molar-refractivity contribution < 1.29 is 9.59 Å². The Kier molecular flexibility index (Phi) is 4.94. The minimum absolute atomic E-state index is 0.129. The fourth-order valence-corrected chi connectivity index (χ4v) is 2.87. The van der Waals surface area contributed by atoms with Gasteiger partial charge in [0.2, 0.25) is 5.91 Å². The molecule has 1 fully saturated rings. The number of rotatable bonds is 4. The predicted molar refractivity (Wildman–Crippen MR) is 95.1 cm³/mol. The third-order valence-electron chi connectivity index (χ3n) is 4.34. The molecule has 0 saturated carbocycles. The van der Waals surface area contributed by atoms with Gasteiger partial charge in [0.25, 0.3) is 5.91 Å². The average molecular weight is 322 g/mol. The molecule has 2 aromatic rings. The summed E-state index contributed by atoms with van der Waals surface area (Å²) in [5.74, 6) is 0.0554. The van der Waals surface area contributed by atoms with Gasteiger partial charge < -0.3 is 10.2 Å². The normalized spacial score (nSPS) is 13.8. The molecule has 1 aliphatic rings. The second-order valence-electron chi connectivity index (χ2n) is 6.28. The van der Waals surface area contributed by atoms with E-state index in [2.05, 4.69) is 5.32 Å². The molecule has 1 N–H and O–H groups in total. The van der Waals surface area contributed by atoms with Crippen LogP contribution in [0.3, 0.4) is 0 Å². The molecule has 1 aliphatic heterocycles. The number of benzene rings is 2. The van der Waals surface area contributed by atoms with E-state index in [1.807, 2.05) is 60.4 Å². The summed E-state index contributed by atoms with van der Waals surface area (Å²) in [7, 11) is 0. The van der Waals surface area contributed by atoms with Gasteiger partial charge in [0.1, 0.15) is 0 Å². The van der Waals surface area contributed by atoms with E-state index in [9.17, 15) is 9.59 Å². The van der Waals surface area contributed by atoms with Gasteiger partial charge in [-0.3, -0.25) is 9.59 Å². The Morgan fingerprint density at radius 1 is 0.958 bits per heavy atom. The number of aryl methyl sites for hydroxylation is 1. The van der Waals surface area contributed by atoms with Crippen LogP contribution in [0.5, 0.6) is 0 Å². The van der Waals surface area contributed by atoms with Crippen LogP contribution in [0.4, 0.5) is 5.69 Å². The number of likely N-dealkylation sites (tertiary alicyclic amines) is 1. The van der Waals surface area contributed by atoms with E-state index in [0.717, 1.165) is 42.7 Å². The minimum atomic E-state index is -0.129. The van der Waals surface area contributed by atoms with Gasteiger partial charge in [0, 0.05) is 24.3 Å². The Morgan fingerprint density at radius 3 is 2.21 bits per heavy atom. The van der Waals surface area contributed by atoms with Crippen molar-refractivity contribution in [2.45, 2.75) is 26.2 Å². The summed E-state index contributed by atoms with van der Waals surface area (Å²) in [5, 5.41) is 2.88. The second-order valence-corrected chi connectivity index (χ2v) is 6.28. The van der Waals surface area contributed by atoms with Gasteiger partial charge in [-0.25, -0.2) is 0 Å². The van der Waals surface area contributed by atoms with E-state index in [1.165, 1.54) is 0 Å². The summed E-state index contributed by atoms with van der Waals surface area (Å²) in [4.78, 5) is 26.3. The Bertz CT molecular complexity index is 714. The SMILES string of the molecule is Cc1ccc(C(=O)Nc2ccc(CC(=O)N3CCCC3)cc2)cc1. The van der Waals surface area contributed by atoms with E-state index in [0.29, 0.717) is 12.0 Å². The molecule has 1 heterocycles. The lowest BCUT2D eigenvalue weighted by atomic mass is 10.1. The van der Waals surface area contributed by atoms with Crippen LogP contribution in [-0.2, 0) is 11.2 Å². The molecule has 4 heteroatoms. The number of carbonyl (C=O) groups is 2. The topological polar surface area (TPSA) is 49.4 Å². The van der Waals surface area contributed by atoms with Crippen molar-refractivity contribution in [2.24, 2.45) is 0 Å². The summed E-state index contributed by atoms with van der Waals surface area (Å²) in [6, 6.07) is 15.0. The van der Waals surface area contributed by atoms with E-state index in [1.54, 1.807) is 0 Å². The molecule has 24 heavy (non-hydrogen) atoms. The lowest BCUT2D eigenvalue weighted by molar-refractivity contribution is -0.129. The zero-order chi connectivity index (χ0) is 16.9. The fraction of sp³-hybridized carbons (Fsp3) is 0.300. The molecule has 0 spiro atoms. The van der Waals surface area contributed by atoms with Gasteiger partial charge in [-0.15, -0.1) is 0 Å². The Balaban J connectivity index is 1.58. The highest BCUT2D eigenvalue weighted by Crippen LogP contribution is 2.15. The first-order valence-electron chi connectivity index (χ1n) is 8.36. The molecule has 4 nitrogen and oxygen atoms in total. The summed E-state index contributed by atoms with van der Waals surface area (Å²) in [6.45, 7) is 3.75. The maximum Gasteiger partial charge on any atom is 0.255 e. The monoisotopic (exact) mass is 322 g/mol. The van der Waals surface area contributed by atoms with Crippen LogP contribution < -0.4 is 5.32 Å². The molecule has 0 unspecified atom stereocenters. The van der Waals surface area contributed by atoms with Crippen molar-refractivity contribution in [2.75, 3.05) is 18.4 Å².